The van der Waals surface area contributed by atoms with Crippen LogP contribution in [0.15, 0.2) is 76.5 Å². The smallest absolute Gasteiger partial charge is 0.209 e. The number of carbonyl (C=O) groups excluding carboxylic acids is 1. The summed E-state index contributed by atoms with van der Waals surface area (Å²) in [7, 11) is 0. The highest BCUT2D eigenvalue weighted by molar-refractivity contribution is 6.31. The molecule has 0 amide bonds. The summed E-state index contributed by atoms with van der Waals surface area (Å²) in [4.78, 5) is 16.4. The molecule has 0 radical (unpaired) electrons. The molecule has 1 aliphatic carbocycles. The van der Waals surface area contributed by atoms with Crippen molar-refractivity contribution in [1.82, 2.24) is 0 Å². The number of anilines is 1. The van der Waals surface area contributed by atoms with Crippen LogP contribution in [0.3, 0.4) is 0 Å². The van der Waals surface area contributed by atoms with Crippen LogP contribution in [0.5, 0.6) is 0 Å². The number of nitrogens with zero attached hydrogens (tertiary/aromatic N) is 3. The van der Waals surface area contributed by atoms with Crippen molar-refractivity contribution in [2.75, 3.05) is 18.0 Å². The third-order valence-electron chi connectivity index (χ3n) is 9.26. The molecule has 5 rings (SSSR count). The second-order valence-electron chi connectivity index (χ2n) is 12.8. The van der Waals surface area contributed by atoms with Crippen molar-refractivity contribution >= 4 is 51.9 Å². The van der Waals surface area contributed by atoms with Gasteiger partial charge in [-0.05, 0) is 68.1 Å². The molecule has 226 valence electrons. The van der Waals surface area contributed by atoms with E-state index in [1.54, 1.807) is 0 Å². The Morgan fingerprint density at radius 2 is 1.64 bits per heavy atom. The Kier molecular flexibility index (Phi) is 8.67. The minimum absolute atomic E-state index is 0.0521. The quantitative estimate of drug-likeness (QED) is 0.131. The van der Waals surface area contributed by atoms with Gasteiger partial charge in [-0.1, -0.05) is 63.7 Å². The highest BCUT2D eigenvalue weighted by Gasteiger charge is 2.47. The second-order valence-corrected chi connectivity index (χ2v) is 13.7. The molecule has 0 saturated heterocycles. The Balaban J connectivity index is 1.71. The van der Waals surface area contributed by atoms with E-state index in [1.807, 2.05) is 48.6 Å². The minimum Gasteiger partial charge on any atom is -0.344 e. The Labute approximate surface area is 271 Å². The highest BCUT2D eigenvalue weighted by atomic mass is 35.5. The molecule has 0 unspecified atom stereocenters. The fourth-order valence-corrected chi connectivity index (χ4v) is 7.09. The fourth-order valence-electron chi connectivity index (χ4n) is 6.75. The number of carbonyl (C=O) groups is 1. The maximum absolute atomic E-state index is 14.1. The van der Waals surface area contributed by atoms with Crippen molar-refractivity contribution in [3.63, 3.8) is 0 Å². The molecular weight excluding hydrogens is 587 g/mol. The van der Waals surface area contributed by atoms with E-state index in [-0.39, 0.29) is 11.4 Å². The lowest BCUT2D eigenvalue weighted by atomic mass is 9.73. The molecule has 0 saturated carbocycles. The maximum Gasteiger partial charge on any atom is 0.209 e. The summed E-state index contributed by atoms with van der Waals surface area (Å²) >= 11 is 12.9. The fraction of sp³-hybridized carbons (Fsp3) is 0.378. The summed E-state index contributed by atoms with van der Waals surface area (Å²) < 4.78 is 2.27. The van der Waals surface area contributed by atoms with Gasteiger partial charge in [0.1, 0.15) is 18.2 Å². The van der Waals surface area contributed by atoms with Gasteiger partial charge >= 0.3 is 0 Å². The Morgan fingerprint density at radius 3 is 2.27 bits per heavy atom. The molecule has 44 heavy (non-hydrogen) atoms. The van der Waals surface area contributed by atoms with Crippen molar-refractivity contribution in [1.29, 1.82) is 10.7 Å². The average molecular weight is 627 g/mol. The van der Waals surface area contributed by atoms with Crippen LogP contribution in [0.2, 0.25) is 10.0 Å². The van der Waals surface area contributed by atoms with Crippen LogP contribution in [-0.2, 0) is 15.6 Å². The number of unbranched alkanes of at least 4 members (excludes halogenated alkanes) is 2. The molecule has 0 fully saturated rings. The third kappa shape index (κ3) is 5.10. The van der Waals surface area contributed by atoms with Gasteiger partial charge in [-0.2, -0.15) is 9.84 Å². The van der Waals surface area contributed by atoms with E-state index in [4.69, 9.17) is 28.6 Å². The zero-order valence-corrected chi connectivity index (χ0v) is 27.9. The lowest BCUT2D eigenvalue weighted by Crippen LogP contribution is -2.32. The van der Waals surface area contributed by atoms with Gasteiger partial charge in [0.05, 0.1) is 5.41 Å². The van der Waals surface area contributed by atoms with Crippen molar-refractivity contribution in [3.8, 4) is 6.07 Å². The summed E-state index contributed by atoms with van der Waals surface area (Å²) in [6.07, 6.45) is 7.88. The van der Waals surface area contributed by atoms with Gasteiger partial charge < -0.3 is 4.90 Å². The Morgan fingerprint density at radius 1 is 0.977 bits per heavy atom. The summed E-state index contributed by atoms with van der Waals surface area (Å²) in [5.41, 5.74) is 6.89. The third-order valence-corrected chi connectivity index (χ3v) is 9.73. The molecule has 0 bridgehead atoms. The van der Waals surface area contributed by atoms with Gasteiger partial charge in [0.15, 0.2) is 11.5 Å². The maximum atomic E-state index is 14.1. The zero-order valence-electron chi connectivity index (χ0n) is 26.4. The van der Waals surface area contributed by atoms with Gasteiger partial charge in [0.2, 0.25) is 5.69 Å². The normalized spacial score (nSPS) is 19.7. The molecule has 2 heterocycles. The lowest BCUT2D eigenvalue weighted by molar-refractivity contribution is -0.438. The van der Waals surface area contributed by atoms with Crippen molar-refractivity contribution < 1.29 is 9.37 Å². The largest absolute Gasteiger partial charge is 0.344 e. The van der Waals surface area contributed by atoms with E-state index in [0.29, 0.717) is 26.8 Å². The highest BCUT2D eigenvalue weighted by Crippen LogP contribution is 2.51. The predicted octanol–water partition coefficient (Wildman–Crippen LogP) is 9.16. The summed E-state index contributed by atoms with van der Waals surface area (Å²) in [6, 6.07) is 14.0. The molecule has 0 atom stereocenters. The molecular formula is C37H39Cl2N4O+. The number of nitriles is 1. The molecule has 5 nitrogen and oxygen atoms in total. The van der Waals surface area contributed by atoms with E-state index in [1.165, 1.54) is 0 Å². The van der Waals surface area contributed by atoms with Gasteiger partial charge in [0.25, 0.3) is 0 Å². The average Bonchev–Trinajstić information content (AvgIpc) is 3.33. The summed E-state index contributed by atoms with van der Waals surface area (Å²) in [5.74, 6) is 2.18. The number of nitrogens with one attached hydrogen (secondary N) is 1. The topological polar surface area (TPSA) is 71.0 Å². The molecule has 1 N–H and O–H groups in total. The van der Waals surface area contributed by atoms with Crippen LogP contribution in [-0.4, -0.2) is 35.0 Å². The van der Waals surface area contributed by atoms with Crippen molar-refractivity contribution in [2.45, 2.75) is 78.1 Å². The number of benzene rings is 2. The van der Waals surface area contributed by atoms with Gasteiger partial charge in [-0.25, -0.2) is 0 Å². The molecule has 2 aliphatic heterocycles. The monoisotopic (exact) mass is 625 g/mol. The summed E-state index contributed by atoms with van der Waals surface area (Å²) in [6.45, 7) is 14.5. The number of fused-ring (bicyclic) bond motifs is 2. The van der Waals surface area contributed by atoms with E-state index >= 15 is 0 Å². The number of hydrogen-bond acceptors (Lipinski definition) is 4. The number of ketones is 1. The zero-order chi connectivity index (χ0) is 32.0. The summed E-state index contributed by atoms with van der Waals surface area (Å²) in [5, 5.41) is 19.4. The van der Waals surface area contributed by atoms with Crippen molar-refractivity contribution in [3.05, 3.63) is 97.7 Å². The number of rotatable bonds is 9. The van der Waals surface area contributed by atoms with Crippen LogP contribution in [0.25, 0.3) is 0 Å². The van der Waals surface area contributed by atoms with E-state index in [2.05, 4.69) is 63.0 Å². The van der Waals surface area contributed by atoms with E-state index in [9.17, 15) is 10.1 Å². The Bertz CT molecular complexity index is 1790. The standard InChI is InChI=1S/C37H39Cl2N4O/c1-7-9-15-42-30-13-11-24(38)17-28(30)36(3,4)32(42)19-26-34(23(21-40)22-41)27(35(26)44)20-33-37(5,6)29-18-25(39)12-14-31(29)43(33)16-10-8-2/h11-14,17-20,40H,7-10,15-16H2,1-6H3/q+1. The molecule has 0 spiro atoms. The van der Waals surface area contributed by atoms with E-state index < -0.39 is 10.8 Å². The van der Waals surface area contributed by atoms with Crippen LogP contribution in [0.1, 0.15) is 78.4 Å². The molecule has 2 aromatic rings. The molecule has 7 heteroatoms. The molecule has 2 aromatic carbocycles. The van der Waals surface area contributed by atoms with Crippen LogP contribution in [0, 0.1) is 16.7 Å². The first-order valence-corrected chi connectivity index (χ1v) is 16.1. The number of hydrogen-bond donors (Lipinski definition) is 1. The SMILES string of the molecule is CCCCN1/C(=C/C2=C(C(=C=N)C#N)C(=C/C3=[N+](CCCC)c4ccc(Cl)cc4C3(C)C)/C2=O)C(C)(C)c2cc(Cl)ccc21. The first-order chi connectivity index (χ1) is 20.9. The minimum atomic E-state index is -0.424. The number of halogens is 2. The first kappa shape index (κ1) is 31.7. The van der Waals surface area contributed by atoms with Gasteiger partial charge in [-0.3, -0.25) is 10.2 Å². The number of allylic oxidation sites excluding steroid dienone is 7. The van der Waals surface area contributed by atoms with Crippen LogP contribution in [0.4, 0.5) is 11.4 Å². The predicted molar refractivity (Wildman–Crippen MR) is 181 cm³/mol. The van der Waals surface area contributed by atoms with Gasteiger partial charge in [-0.15, -0.1) is 0 Å². The molecule has 0 aromatic heterocycles. The van der Waals surface area contributed by atoms with Crippen LogP contribution >= 0.6 is 23.2 Å². The van der Waals surface area contributed by atoms with Crippen molar-refractivity contribution in [2.24, 2.45) is 0 Å². The van der Waals surface area contributed by atoms with E-state index in [0.717, 1.165) is 72.7 Å². The van der Waals surface area contributed by atoms with Gasteiger partial charge in [0, 0.05) is 74.2 Å². The Hall–Kier alpha value is -3.68. The second kappa shape index (κ2) is 12.0. The van der Waals surface area contributed by atoms with Crippen LogP contribution < -0.4 is 4.90 Å². The lowest BCUT2D eigenvalue weighted by Gasteiger charge is -2.30. The number of Topliss-reactive ketones (excluding diaryl/α,β-unsaturated/α-hetero) is 1. The first-order valence-electron chi connectivity index (χ1n) is 15.4. The molecule has 3 aliphatic rings.